The van der Waals surface area contributed by atoms with E-state index in [0.717, 1.165) is 47.4 Å². The molecule has 0 spiro atoms. The summed E-state index contributed by atoms with van der Waals surface area (Å²) in [6, 6.07) is 10.4. The van der Waals surface area contributed by atoms with Crippen LogP contribution < -0.4 is 0 Å². The molecule has 1 aliphatic heterocycles. The van der Waals surface area contributed by atoms with Gasteiger partial charge >= 0.3 is 0 Å². The minimum Gasteiger partial charge on any atom is -0.336 e. The van der Waals surface area contributed by atoms with Gasteiger partial charge in [0.25, 0.3) is 0 Å². The number of hydrogen-bond donors (Lipinski definition) is 2. The normalized spacial score (nSPS) is 14.3. The summed E-state index contributed by atoms with van der Waals surface area (Å²) in [5, 5.41) is 8.43. The van der Waals surface area contributed by atoms with E-state index in [9.17, 15) is 12.8 Å². The number of pyridine rings is 3. The fourth-order valence-electron chi connectivity index (χ4n) is 5.66. The first-order chi connectivity index (χ1) is 20.8. The molecular formula is C31H29FN8O2S. The quantitative estimate of drug-likeness (QED) is 0.252. The summed E-state index contributed by atoms with van der Waals surface area (Å²) < 4.78 is 37.9. The molecule has 0 bridgehead atoms. The third-order valence-corrected chi connectivity index (χ3v) is 8.71. The van der Waals surface area contributed by atoms with Gasteiger partial charge in [0.2, 0.25) is 0 Å². The third-order valence-electron chi connectivity index (χ3n) is 7.76. The summed E-state index contributed by atoms with van der Waals surface area (Å²) in [6.07, 6.45) is 11.0. The molecule has 1 aliphatic rings. The molecule has 10 nitrogen and oxygen atoms in total. The van der Waals surface area contributed by atoms with E-state index in [1.807, 2.05) is 18.5 Å². The lowest BCUT2D eigenvalue weighted by Gasteiger charge is -2.14. The number of halogens is 1. The largest absolute Gasteiger partial charge is 0.336 e. The van der Waals surface area contributed by atoms with Gasteiger partial charge in [-0.2, -0.15) is 5.10 Å². The standard InChI is InChI=1S/C31H29FN8O2S/c1-43(41,42)9-5-19-10-21(13-23(32)12-19)28-30-25(4-6-34-28)36-31(37-30)29-24-14-26(35-17-27(24)38-39-29)22-11-20(15-33-16-22)18-40-7-2-3-8-40/h4,6,10-17H,2-3,5,7-9,18H2,1H3,(H,36,37)(H,38,39). The highest BCUT2D eigenvalue weighted by molar-refractivity contribution is 7.90. The Hall–Kier alpha value is -4.55. The molecule has 12 heteroatoms. The van der Waals surface area contributed by atoms with Gasteiger partial charge in [0, 0.05) is 47.9 Å². The Kier molecular flexibility index (Phi) is 6.94. The molecule has 2 N–H and O–H groups in total. The number of aromatic amines is 2. The average molecular weight is 597 g/mol. The topological polar surface area (TPSA) is 133 Å². The maximum atomic E-state index is 14.6. The molecule has 0 amide bonds. The summed E-state index contributed by atoms with van der Waals surface area (Å²) >= 11 is 0. The van der Waals surface area contributed by atoms with Crippen molar-refractivity contribution in [2.75, 3.05) is 25.1 Å². The molecule has 6 heterocycles. The molecule has 0 aliphatic carbocycles. The van der Waals surface area contributed by atoms with Gasteiger partial charge < -0.3 is 4.98 Å². The van der Waals surface area contributed by atoms with Crippen LogP contribution in [0.15, 0.2) is 61.2 Å². The van der Waals surface area contributed by atoms with Crippen LogP contribution in [0.25, 0.3) is 56.0 Å². The Morgan fingerprint density at radius 3 is 2.60 bits per heavy atom. The summed E-state index contributed by atoms with van der Waals surface area (Å²) in [4.78, 5) is 24.3. The van der Waals surface area contributed by atoms with Crippen LogP contribution in [0.5, 0.6) is 0 Å². The van der Waals surface area contributed by atoms with Crippen molar-refractivity contribution in [1.29, 1.82) is 0 Å². The Morgan fingerprint density at radius 2 is 1.77 bits per heavy atom. The van der Waals surface area contributed by atoms with Gasteiger partial charge in [0.15, 0.2) is 5.82 Å². The number of hydrogen-bond acceptors (Lipinski definition) is 8. The van der Waals surface area contributed by atoms with Crippen LogP contribution in [0.1, 0.15) is 24.0 Å². The van der Waals surface area contributed by atoms with Crippen molar-refractivity contribution in [3.8, 4) is 34.0 Å². The number of fused-ring (bicyclic) bond motifs is 2. The molecular weight excluding hydrogens is 567 g/mol. The minimum absolute atomic E-state index is 0.0675. The van der Waals surface area contributed by atoms with E-state index in [1.165, 1.54) is 31.2 Å². The lowest BCUT2D eigenvalue weighted by atomic mass is 10.0. The second-order valence-corrected chi connectivity index (χ2v) is 13.4. The van der Waals surface area contributed by atoms with Crippen molar-refractivity contribution in [1.82, 2.24) is 40.0 Å². The highest BCUT2D eigenvalue weighted by Crippen LogP contribution is 2.32. The Bertz CT molecular complexity index is 2080. The van der Waals surface area contributed by atoms with E-state index in [2.05, 4.69) is 41.1 Å². The zero-order valence-corrected chi connectivity index (χ0v) is 24.3. The monoisotopic (exact) mass is 596 g/mol. The predicted octanol–water partition coefficient (Wildman–Crippen LogP) is 4.95. The first-order valence-electron chi connectivity index (χ1n) is 14.1. The number of nitrogens with zero attached hydrogens (tertiary/aromatic N) is 6. The number of likely N-dealkylation sites (tertiary alicyclic amines) is 1. The molecule has 0 unspecified atom stereocenters. The molecule has 43 heavy (non-hydrogen) atoms. The van der Waals surface area contributed by atoms with Gasteiger partial charge in [-0.05, 0) is 79.9 Å². The van der Waals surface area contributed by atoms with Crippen molar-refractivity contribution < 1.29 is 12.8 Å². The zero-order chi connectivity index (χ0) is 29.6. The highest BCUT2D eigenvalue weighted by Gasteiger charge is 2.18. The van der Waals surface area contributed by atoms with E-state index in [1.54, 1.807) is 24.5 Å². The van der Waals surface area contributed by atoms with Gasteiger partial charge in [-0.15, -0.1) is 0 Å². The minimum atomic E-state index is -3.19. The number of aryl methyl sites for hydroxylation is 1. The number of aromatic nitrogens is 7. The molecule has 218 valence electrons. The van der Waals surface area contributed by atoms with Gasteiger partial charge in [-0.25, -0.2) is 17.8 Å². The molecule has 1 aromatic carbocycles. The summed E-state index contributed by atoms with van der Waals surface area (Å²) in [6.45, 7) is 3.11. The molecule has 1 saturated heterocycles. The second-order valence-electron chi connectivity index (χ2n) is 11.1. The number of sulfone groups is 1. The number of imidazole rings is 1. The molecule has 0 saturated carbocycles. The number of benzene rings is 1. The van der Waals surface area contributed by atoms with Crippen LogP contribution in [0.4, 0.5) is 4.39 Å². The Labute approximate surface area is 247 Å². The Morgan fingerprint density at radius 1 is 0.930 bits per heavy atom. The van der Waals surface area contributed by atoms with Gasteiger partial charge in [-0.1, -0.05) is 0 Å². The summed E-state index contributed by atoms with van der Waals surface area (Å²) in [5.74, 6) is -0.00256. The molecule has 7 rings (SSSR count). The molecule has 6 aromatic rings. The van der Waals surface area contributed by atoms with Crippen molar-refractivity contribution in [3.05, 3.63) is 78.1 Å². The maximum absolute atomic E-state index is 14.6. The summed E-state index contributed by atoms with van der Waals surface area (Å²) in [7, 11) is -3.19. The predicted molar refractivity (Wildman–Crippen MR) is 163 cm³/mol. The average Bonchev–Trinajstić information content (AvgIpc) is 3.75. The first-order valence-corrected chi connectivity index (χ1v) is 16.2. The van der Waals surface area contributed by atoms with Crippen molar-refractivity contribution in [2.45, 2.75) is 25.8 Å². The molecule has 0 radical (unpaired) electrons. The number of H-pyrrole nitrogens is 2. The van der Waals surface area contributed by atoms with Gasteiger partial charge in [0.1, 0.15) is 26.9 Å². The van der Waals surface area contributed by atoms with Crippen molar-refractivity contribution >= 4 is 31.8 Å². The number of nitrogens with one attached hydrogen (secondary N) is 2. The van der Waals surface area contributed by atoms with Gasteiger partial charge in [0.05, 0.1) is 34.4 Å². The van der Waals surface area contributed by atoms with E-state index in [-0.39, 0.29) is 12.2 Å². The fourth-order valence-corrected chi connectivity index (χ4v) is 6.27. The van der Waals surface area contributed by atoms with Gasteiger partial charge in [-0.3, -0.25) is 25.0 Å². The SMILES string of the molecule is CS(=O)(=O)CCc1cc(F)cc(-c2nccc3[nH]c(-c4n[nH]c5cnc(-c6cncc(CN7CCCC7)c6)cc45)nc23)c1. The van der Waals surface area contributed by atoms with E-state index in [4.69, 9.17) is 4.98 Å². The summed E-state index contributed by atoms with van der Waals surface area (Å²) in [5.41, 5.74) is 7.11. The zero-order valence-electron chi connectivity index (χ0n) is 23.5. The van der Waals surface area contributed by atoms with Crippen molar-refractivity contribution in [3.63, 3.8) is 0 Å². The third kappa shape index (κ3) is 5.75. The van der Waals surface area contributed by atoms with Crippen LogP contribution in [0.3, 0.4) is 0 Å². The molecule has 1 fully saturated rings. The van der Waals surface area contributed by atoms with Crippen LogP contribution in [-0.4, -0.2) is 73.5 Å². The van der Waals surface area contributed by atoms with Crippen molar-refractivity contribution in [2.24, 2.45) is 0 Å². The van der Waals surface area contributed by atoms with Crippen LogP contribution in [0.2, 0.25) is 0 Å². The van der Waals surface area contributed by atoms with Crippen LogP contribution in [-0.2, 0) is 22.8 Å². The van der Waals surface area contributed by atoms with E-state index in [0.29, 0.717) is 39.4 Å². The van der Waals surface area contributed by atoms with Crippen LogP contribution >= 0.6 is 0 Å². The molecule has 5 aromatic heterocycles. The lowest BCUT2D eigenvalue weighted by Crippen LogP contribution is -2.18. The lowest BCUT2D eigenvalue weighted by molar-refractivity contribution is 0.331. The highest BCUT2D eigenvalue weighted by atomic mass is 32.2. The molecule has 0 atom stereocenters. The van der Waals surface area contributed by atoms with E-state index >= 15 is 0 Å². The fraction of sp³-hybridized carbons (Fsp3) is 0.258. The Balaban J connectivity index is 1.24. The second kappa shape index (κ2) is 10.9. The first kappa shape index (κ1) is 27.3. The van der Waals surface area contributed by atoms with Crippen LogP contribution in [0, 0.1) is 5.82 Å². The maximum Gasteiger partial charge on any atom is 0.159 e. The number of rotatable bonds is 8. The van der Waals surface area contributed by atoms with E-state index < -0.39 is 15.7 Å². The smallest absolute Gasteiger partial charge is 0.159 e.